The maximum atomic E-state index is 12.1. The zero-order valence-corrected chi connectivity index (χ0v) is 13.9. The molecule has 0 aliphatic rings. The normalized spacial score (nSPS) is 10.1. The van der Waals surface area contributed by atoms with Crippen molar-refractivity contribution in [2.75, 3.05) is 19.0 Å². The molecule has 5 nitrogen and oxygen atoms in total. The summed E-state index contributed by atoms with van der Waals surface area (Å²) >= 11 is 0. The molecule has 1 amide bonds. The highest BCUT2D eigenvalue weighted by molar-refractivity contribution is 5.94. The molecule has 0 spiro atoms. The molecule has 0 bridgehead atoms. The van der Waals surface area contributed by atoms with Crippen molar-refractivity contribution in [3.05, 3.63) is 59.7 Å². The Balaban J connectivity index is 1.95. The lowest BCUT2D eigenvalue weighted by Gasteiger charge is -2.09. The summed E-state index contributed by atoms with van der Waals surface area (Å²) in [7, 11) is 1.61. The van der Waals surface area contributed by atoms with Gasteiger partial charge in [0.2, 0.25) is 5.91 Å². The molecule has 0 heterocycles. The molecular formula is C19H21NO4. The molecule has 0 aliphatic heterocycles. The minimum atomic E-state index is -0.400. The summed E-state index contributed by atoms with van der Waals surface area (Å²) < 4.78 is 10.2. The van der Waals surface area contributed by atoms with E-state index in [1.54, 1.807) is 38.3 Å². The van der Waals surface area contributed by atoms with Crippen LogP contribution < -0.4 is 10.1 Å². The van der Waals surface area contributed by atoms with Crippen LogP contribution in [-0.2, 0) is 16.0 Å². The van der Waals surface area contributed by atoms with Crippen molar-refractivity contribution >= 4 is 17.6 Å². The van der Waals surface area contributed by atoms with Crippen molar-refractivity contribution < 1.29 is 19.1 Å². The molecule has 0 saturated heterocycles. The van der Waals surface area contributed by atoms with Crippen LogP contribution in [0.5, 0.6) is 5.75 Å². The first kappa shape index (κ1) is 17.5. The minimum absolute atomic E-state index is 0.123. The summed E-state index contributed by atoms with van der Waals surface area (Å²) in [5, 5.41) is 2.80. The monoisotopic (exact) mass is 327 g/mol. The van der Waals surface area contributed by atoms with Gasteiger partial charge in [0.25, 0.3) is 0 Å². The summed E-state index contributed by atoms with van der Waals surface area (Å²) in [6.45, 7) is 2.07. The van der Waals surface area contributed by atoms with Crippen LogP contribution in [-0.4, -0.2) is 25.6 Å². The van der Waals surface area contributed by atoms with Gasteiger partial charge in [-0.25, -0.2) is 4.79 Å². The molecular weight excluding hydrogens is 306 g/mol. The molecule has 5 heteroatoms. The quantitative estimate of drug-likeness (QED) is 0.791. The maximum Gasteiger partial charge on any atom is 0.338 e. The second kappa shape index (κ2) is 8.72. The third-order valence-electron chi connectivity index (χ3n) is 3.47. The van der Waals surface area contributed by atoms with Gasteiger partial charge in [0.15, 0.2) is 0 Å². The lowest BCUT2D eigenvalue weighted by Crippen LogP contribution is -2.13. The molecule has 2 aromatic rings. The van der Waals surface area contributed by atoms with Crippen LogP contribution in [0, 0.1) is 0 Å². The molecule has 24 heavy (non-hydrogen) atoms. The van der Waals surface area contributed by atoms with Gasteiger partial charge in [-0.1, -0.05) is 24.3 Å². The second-order valence-corrected chi connectivity index (χ2v) is 5.16. The fourth-order valence-corrected chi connectivity index (χ4v) is 2.32. The van der Waals surface area contributed by atoms with E-state index < -0.39 is 5.97 Å². The molecule has 1 N–H and O–H groups in total. The summed E-state index contributed by atoms with van der Waals surface area (Å²) in [5.74, 6) is 0.249. The van der Waals surface area contributed by atoms with Crippen LogP contribution in [0.25, 0.3) is 0 Å². The van der Waals surface area contributed by atoms with Crippen molar-refractivity contribution in [2.24, 2.45) is 0 Å². The Morgan fingerprint density at radius 1 is 1.08 bits per heavy atom. The van der Waals surface area contributed by atoms with E-state index in [1.807, 2.05) is 24.3 Å². The predicted octanol–water partition coefficient (Wildman–Crippen LogP) is 3.44. The van der Waals surface area contributed by atoms with Crippen molar-refractivity contribution in [3.63, 3.8) is 0 Å². The van der Waals surface area contributed by atoms with Gasteiger partial charge in [0.05, 0.1) is 19.3 Å². The van der Waals surface area contributed by atoms with Gasteiger partial charge in [-0.3, -0.25) is 4.79 Å². The van der Waals surface area contributed by atoms with Gasteiger partial charge in [-0.2, -0.15) is 0 Å². The van der Waals surface area contributed by atoms with Crippen LogP contribution in [0.2, 0.25) is 0 Å². The Morgan fingerprint density at radius 3 is 2.62 bits per heavy atom. The Kier molecular flexibility index (Phi) is 6.37. The van der Waals surface area contributed by atoms with Crippen molar-refractivity contribution in [1.82, 2.24) is 0 Å². The van der Waals surface area contributed by atoms with Crippen molar-refractivity contribution in [3.8, 4) is 5.75 Å². The highest BCUT2D eigenvalue weighted by Crippen LogP contribution is 2.19. The minimum Gasteiger partial charge on any atom is -0.496 e. The summed E-state index contributed by atoms with van der Waals surface area (Å²) in [6.07, 6.45) is 0.900. The fraction of sp³-hybridized carbons (Fsp3) is 0.263. The first-order chi connectivity index (χ1) is 11.6. The molecule has 0 atom stereocenters. The summed E-state index contributed by atoms with van der Waals surface area (Å²) in [5.41, 5.74) is 1.97. The molecule has 0 aliphatic carbocycles. The number of rotatable bonds is 7. The predicted molar refractivity (Wildman–Crippen MR) is 92.3 cm³/mol. The van der Waals surface area contributed by atoms with Crippen LogP contribution in [0.3, 0.4) is 0 Å². The molecule has 126 valence electrons. The Hall–Kier alpha value is -2.82. The van der Waals surface area contributed by atoms with Crippen molar-refractivity contribution in [1.29, 1.82) is 0 Å². The number of aryl methyl sites for hydroxylation is 1. The molecule has 0 aromatic heterocycles. The molecule has 2 aromatic carbocycles. The Bertz CT molecular complexity index is 712. The molecule has 0 saturated carbocycles. The number of anilines is 1. The average molecular weight is 327 g/mol. The SMILES string of the molecule is CCOC(=O)c1cccc(NC(=O)CCc2ccccc2OC)c1. The number of ether oxygens (including phenoxy) is 2. The van der Waals surface area contributed by atoms with E-state index in [1.165, 1.54) is 0 Å². The van der Waals surface area contributed by atoms with E-state index in [9.17, 15) is 9.59 Å². The summed E-state index contributed by atoms with van der Waals surface area (Å²) in [6, 6.07) is 14.3. The standard InChI is InChI=1S/C19H21NO4/c1-3-24-19(22)15-8-6-9-16(13-15)20-18(21)12-11-14-7-4-5-10-17(14)23-2/h4-10,13H,3,11-12H2,1-2H3,(H,20,21). The Labute approximate surface area is 141 Å². The van der Waals surface area contributed by atoms with Crippen LogP contribution in [0.1, 0.15) is 29.3 Å². The number of carbonyl (C=O) groups excluding carboxylic acids is 2. The third-order valence-corrected chi connectivity index (χ3v) is 3.47. The second-order valence-electron chi connectivity index (χ2n) is 5.16. The van der Waals surface area contributed by atoms with E-state index in [4.69, 9.17) is 9.47 Å². The van der Waals surface area contributed by atoms with Gasteiger partial charge in [0, 0.05) is 12.1 Å². The van der Waals surface area contributed by atoms with Crippen molar-refractivity contribution in [2.45, 2.75) is 19.8 Å². The lowest BCUT2D eigenvalue weighted by molar-refractivity contribution is -0.116. The highest BCUT2D eigenvalue weighted by atomic mass is 16.5. The van der Waals surface area contributed by atoms with Crippen LogP contribution in [0.4, 0.5) is 5.69 Å². The van der Waals surface area contributed by atoms with E-state index in [0.29, 0.717) is 30.7 Å². The third kappa shape index (κ3) is 4.84. The van der Waals surface area contributed by atoms with E-state index in [2.05, 4.69) is 5.32 Å². The van der Waals surface area contributed by atoms with Crippen LogP contribution >= 0.6 is 0 Å². The maximum absolute atomic E-state index is 12.1. The van der Waals surface area contributed by atoms with E-state index in [0.717, 1.165) is 11.3 Å². The number of esters is 1. The van der Waals surface area contributed by atoms with Gasteiger partial charge < -0.3 is 14.8 Å². The van der Waals surface area contributed by atoms with Crippen LogP contribution in [0.15, 0.2) is 48.5 Å². The number of amides is 1. The number of para-hydroxylation sites is 1. The number of benzene rings is 2. The number of hydrogen-bond donors (Lipinski definition) is 1. The van der Waals surface area contributed by atoms with E-state index in [-0.39, 0.29) is 5.91 Å². The average Bonchev–Trinajstić information content (AvgIpc) is 2.60. The smallest absolute Gasteiger partial charge is 0.338 e. The molecule has 0 radical (unpaired) electrons. The van der Waals surface area contributed by atoms with Gasteiger partial charge in [-0.05, 0) is 43.2 Å². The van der Waals surface area contributed by atoms with Gasteiger partial charge in [0.1, 0.15) is 5.75 Å². The van der Waals surface area contributed by atoms with E-state index >= 15 is 0 Å². The largest absolute Gasteiger partial charge is 0.496 e. The zero-order valence-electron chi connectivity index (χ0n) is 13.9. The Morgan fingerprint density at radius 2 is 1.88 bits per heavy atom. The number of hydrogen-bond acceptors (Lipinski definition) is 4. The number of nitrogens with one attached hydrogen (secondary N) is 1. The molecule has 2 rings (SSSR count). The molecule has 0 fully saturated rings. The first-order valence-electron chi connectivity index (χ1n) is 7.83. The lowest BCUT2D eigenvalue weighted by atomic mass is 10.1. The van der Waals surface area contributed by atoms with Gasteiger partial charge in [-0.15, -0.1) is 0 Å². The number of methoxy groups -OCH3 is 1. The first-order valence-corrected chi connectivity index (χ1v) is 7.83. The topological polar surface area (TPSA) is 64.6 Å². The fourth-order valence-electron chi connectivity index (χ4n) is 2.32. The zero-order chi connectivity index (χ0) is 17.4. The summed E-state index contributed by atoms with van der Waals surface area (Å²) in [4.78, 5) is 23.8. The molecule has 0 unspecified atom stereocenters. The number of carbonyl (C=O) groups is 2. The van der Waals surface area contributed by atoms with Gasteiger partial charge >= 0.3 is 5.97 Å². The highest BCUT2D eigenvalue weighted by Gasteiger charge is 2.09.